The van der Waals surface area contributed by atoms with Crippen LogP contribution in [-0.4, -0.2) is 43.9 Å². The van der Waals surface area contributed by atoms with Crippen LogP contribution in [0.15, 0.2) is 30.6 Å². The maximum atomic E-state index is 14.0. The molecule has 2 fully saturated rings. The number of rotatable bonds is 6. The number of hydrogen-bond donors (Lipinski definition) is 1. The molecule has 5 rings (SSSR count). The fourth-order valence-corrected chi connectivity index (χ4v) is 4.88. The Morgan fingerprint density at radius 2 is 2.00 bits per heavy atom. The predicted molar refractivity (Wildman–Crippen MR) is 124 cm³/mol. The average Bonchev–Trinajstić information content (AvgIpc) is 3.31. The smallest absolute Gasteiger partial charge is 0.322 e. The molecule has 8 nitrogen and oxygen atoms in total. The molecule has 2 aromatic heterocycles. The third-order valence-electron chi connectivity index (χ3n) is 6.08. The first-order valence-corrected chi connectivity index (χ1v) is 10.9. The van der Waals surface area contributed by atoms with Gasteiger partial charge < -0.3 is 15.0 Å². The summed E-state index contributed by atoms with van der Waals surface area (Å²) < 4.78 is 76.1. The number of aromatic nitrogens is 5. The Morgan fingerprint density at radius 1 is 1.21 bits per heavy atom. The third kappa shape index (κ3) is 4.59. The first-order chi connectivity index (χ1) is 18.7. The van der Waals surface area contributed by atoms with E-state index in [-0.39, 0.29) is 34.6 Å². The molecule has 174 valence electrons. The Morgan fingerprint density at radius 3 is 2.70 bits per heavy atom. The first-order valence-electron chi connectivity index (χ1n) is 14.1. The van der Waals surface area contributed by atoms with Gasteiger partial charge in [0, 0.05) is 50.2 Å². The molecule has 1 N–H and O–H groups in total. The van der Waals surface area contributed by atoms with Crippen molar-refractivity contribution in [1.82, 2.24) is 24.7 Å². The van der Waals surface area contributed by atoms with Gasteiger partial charge >= 0.3 is 6.01 Å². The summed E-state index contributed by atoms with van der Waals surface area (Å²) in [7, 11) is 0. The Balaban J connectivity index is 1.48. The molecule has 1 aromatic carbocycles. The van der Waals surface area contributed by atoms with Crippen LogP contribution >= 0.6 is 11.6 Å². The van der Waals surface area contributed by atoms with Gasteiger partial charge in [0.05, 0.1) is 7.39 Å². The standard InChI is InChI=1S/C23H27ClFN7O/c1-13(2)32-23(33-19-8-17(24)7-18(25)9-19)29-22(30-32)28-21-15-4-5-16(21)11-31(10-15)20-6-14(3)26-12-27-20/h6-9,12-13,15-16,21H,4-5,10-11H2,1-3H3,(H,28,30)/t15-,16+,21+/i1D3,2D3,13D. The number of ether oxygens (including phenoxy) is 1. The summed E-state index contributed by atoms with van der Waals surface area (Å²) in [5, 5.41) is 7.37. The number of nitrogens with one attached hydrogen (secondary N) is 1. The summed E-state index contributed by atoms with van der Waals surface area (Å²) >= 11 is 5.92. The van der Waals surface area contributed by atoms with E-state index in [9.17, 15) is 4.39 Å². The van der Waals surface area contributed by atoms with Crippen LogP contribution in [-0.2, 0) is 0 Å². The van der Waals surface area contributed by atoms with Gasteiger partial charge in [-0.3, -0.25) is 0 Å². The van der Waals surface area contributed by atoms with Crippen molar-refractivity contribution in [2.24, 2.45) is 11.8 Å². The van der Waals surface area contributed by atoms with Gasteiger partial charge in [0.25, 0.3) is 0 Å². The van der Waals surface area contributed by atoms with Gasteiger partial charge in [0.15, 0.2) is 0 Å². The van der Waals surface area contributed by atoms with E-state index in [0.717, 1.165) is 36.5 Å². The van der Waals surface area contributed by atoms with Gasteiger partial charge in [-0.05, 0) is 57.4 Å². The van der Waals surface area contributed by atoms with Crippen molar-refractivity contribution in [3.63, 3.8) is 0 Å². The van der Waals surface area contributed by atoms with Crippen molar-refractivity contribution >= 4 is 23.4 Å². The van der Waals surface area contributed by atoms with E-state index in [0.29, 0.717) is 17.8 Å². The normalized spacial score (nSPS) is 26.3. The van der Waals surface area contributed by atoms with E-state index < -0.39 is 31.5 Å². The average molecular weight is 479 g/mol. The number of aryl methyl sites for hydroxylation is 1. The Labute approximate surface area is 207 Å². The topological polar surface area (TPSA) is 81.0 Å². The molecular weight excluding hydrogens is 445 g/mol. The van der Waals surface area contributed by atoms with Gasteiger partial charge in [-0.15, -0.1) is 5.10 Å². The molecule has 0 unspecified atom stereocenters. The fraction of sp³-hybridized carbons (Fsp3) is 0.478. The van der Waals surface area contributed by atoms with Crippen molar-refractivity contribution < 1.29 is 18.7 Å². The number of nitrogens with zero attached hydrogens (tertiary/aromatic N) is 6. The number of halogens is 2. The van der Waals surface area contributed by atoms with Crippen molar-refractivity contribution in [3.8, 4) is 11.8 Å². The van der Waals surface area contributed by atoms with Gasteiger partial charge in [-0.2, -0.15) is 4.98 Å². The zero-order valence-electron chi connectivity index (χ0n) is 24.8. The van der Waals surface area contributed by atoms with Gasteiger partial charge in [-0.25, -0.2) is 19.0 Å². The molecule has 1 aliphatic carbocycles. The summed E-state index contributed by atoms with van der Waals surface area (Å²) in [6.07, 6.45) is 3.37. The molecule has 1 saturated carbocycles. The molecule has 2 bridgehead atoms. The van der Waals surface area contributed by atoms with E-state index in [1.165, 1.54) is 12.4 Å². The van der Waals surface area contributed by atoms with Gasteiger partial charge in [0.1, 0.15) is 23.7 Å². The highest BCUT2D eigenvalue weighted by Gasteiger charge is 2.43. The first kappa shape index (κ1) is 15.1. The van der Waals surface area contributed by atoms with E-state index in [4.69, 9.17) is 25.9 Å². The van der Waals surface area contributed by atoms with E-state index >= 15 is 0 Å². The molecular formula is C23H27ClFN7O. The molecule has 33 heavy (non-hydrogen) atoms. The van der Waals surface area contributed by atoms with Crippen molar-refractivity contribution in [2.45, 2.75) is 45.5 Å². The van der Waals surface area contributed by atoms with Crippen LogP contribution in [0.4, 0.5) is 16.2 Å². The molecule has 0 spiro atoms. The van der Waals surface area contributed by atoms with Crippen LogP contribution in [0.1, 0.15) is 47.9 Å². The maximum Gasteiger partial charge on any atom is 0.322 e. The van der Waals surface area contributed by atoms with Gasteiger partial charge in [-0.1, -0.05) is 11.6 Å². The highest BCUT2D eigenvalue weighted by atomic mass is 35.5. The number of benzene rings is 1. The summed E-state index contributed by atoms with van der Waals surface area (Å²) in [6, 6.07) is 1.22. The molecule has 3 aromatic rings. The Kier molecular flexibility index (Phi) is 4.00. The molecule has 1 saturated heterocycles. The molecule has 0 radical (unpaired) electrons. The lowest BCUT2D eigenvalue weighted by molar-refractivity contribution is 0.373. The van der Waals surface area contributed by atoms with Crippen LogP contribution in [0, 0.1) is 24.6 Å². The number of piperidine rings is 1. The molecule has 3 atom stereocenters. The summed E-state index contributed by atoms with van der Waals surface area (Å²) in [6.45, 7) is -3.42. The van der Waals surface area contributed by atoms with E-state index in [1.54, 1.807) is 0 Å². The summed E-state index contributed by atoms with van der Waals surface area (Å²) in [5.41, 5.74) is 0.863. The zero-order valence-corrected chi connectivity index (χ0v) is 18.6. The van der Waals surface area contributed by atoms with Crippen LogP contribution in [0.5, 0.6) is 11.8 Å². The highest BCUT2D eigenvalue weighted by molar-refractivity contribution is 6.30. The monoisotopic (exact) mass is 478 g/mol. The minimum atomic E-state index is -3.36. The lowest BCUT2D eigenvalue weighted by Gasteiger charge is -2.38. The summed E-state index contributed by atoms with van der Waals surface area (Å²) in [4.78, 5) is 15.0. The third-order valence-corrected chi connectivity index (χ3v) is 6.30. The molecule has 0 amide bonds. The second-order valence-electron chi connectivity index (χ2n) is 8.38. The maximum absolute atomic E-state index is 14.0. The number of hydrogen-bond acceptors (Lipinski definition) is 7. The molecule has 2 aliphatic rings. The van der Waals surface area contributed by atoms with Crippen LogP contribution < -0.4 is 15.0 Å². The Bertz CT molecular complexity index is 1350. The second-order valence-corrected chi connectivity index (χ2v) is 8.81. The summed E-state index contributed by atoms with van der Waals surface area (Å²) in [5.74, 6) is 0.159. The van der Waals surface area contributed by atoms with E-state index in [1.807, 2.05) is 13.0 Å². The SMILES string of the molecule is [2H]C([2H])([2H])C([2H])(n1nc(N[C@H]2[C@@H]3CC[C@H]2CN(c2cc(C)ncn2)C3)nc1Oc1cc(F)cc(Cl)c1)C([2H])([2H])[2H]. The lowest BCUT2D eigenvalue weighted by Crippen LogP contribution is -2.48. The van der Waals surface area contributed by atoms with Crippen LogP contribution in [0.3, 0.4) is 0 Å². The van der Waals surface area contributed by atoms with Crippen molar-refractivity contribution in [1.29, 1.82) is 0 Å². The lowest BCUT2D eigenvalue weighted by atomic mass is 9.92. The number of anilines is 2. The van der Waals surface area contributed by atoms with Crippen LogP contribution in [0.2, 0.25) is 5.02 Å². The van der Waals surface area contributed by atoms with Gasteiger partial charge in [0.2, 0.25) is 5.95 Å². The molecule has 10 heteroatoms. The minimum Gasteiger partial charge on any atom is -0.424 e. The second kappa shape index (κ2) is 8.78. The van der Waals surface area contributed by atoms with Crippen molar-refractivity contribution in [3.05, 3.63) is 47.1 Å². The largest absolute Gasteiger partial charge is 0.424 e. The highest BCUT2D eigenvalue weighted by Crippen LogP contribution is 2.40. The minimum absolute atomic E-state index is 0.00888. The van der Waals surface area contributed by atoms with Crippen molar-refractivity contribution in [2.75, 3.05) is 23.3 Å². The quantitative estimate of drug-likeness (QED) is 0.541. The number of fused-ring (bicyclic) bond motifs is 2. The van der Waals surface area contributed by atoms with Crippen LogP contribution in [0.25, 0.3) is 0 Å². The predicted octanol–water partition coefficient (Wildman–Crippen LogP) is 4.87. The Hall–Kier alpha value is -2.94. The zero-order chi connectivity index (χ0) is 29.0. The fourth-order valence-electron chi connectivity index (χ4n) is 4.67. The molecule has 1 aliphatic heterocycles. The van der Waals surface area contributed by atoms with E-state index in [2.05, 4.69) is 30.3 Å². The molecule has 3 heterocycles.